The predicted octanol–water partition coefficient (Wildman–Crippen LogP) is 2.85. The summed E-state index contributed by atoms with van der Waals surface area (Å²) < 4.78 is 32.5. The van der Waals surface area contributed by atoms with Crippen molar-refractivity contribution < 1.29 is 17.9 Å². The lowest BCUT2D eigenvalue weighted by molar-refractivity contribution is 0.130. The Bertz CT molecular complexity index is 642. The average Bonchev–Trinajstić information content (AvgIpc) is 3.13. The van der Waals surface area contributed by atoms with Gasteiger partial charge in [-0.15, -0.1) is 0 Å². The highest BCUT2D eigenvalue weighted by atomic mass is 79.9. The first-order chi connectivity index (χ1) is 9.78. The maximum absolute atomic E-state index is 12.2. The second-order valence-corrected chi connectivity index (χ2v) is 7.66. The van der Waals surface area contributed by atoms with Gasteiger partial charge in [-0.25, -0.2) is 17.9 Å². The Morgan fingerprint density at radius 2 is 2.05 bits per heavy atom. The summed E-state index contributed by atoms with van der Waals surface area (Å²) in [6, 6.07) is 4.59. The lowest BCUT2D eigenvalue weighted by Gasteiger charge is -2.12. The molecule has 1 aliphatic carbocycles. The van der Waals surface area contributed by atoms with Gasteiger partial charge in [-0.2, -0.15) is 0 Å². The second-order valence-electron chi connectivity index (χ2n) is 5.12. The quantitative estimate of drug-likeness (QED) is 0.827. The summed E-state index contributed by atoms with van der Waals surface area (Å²) in [6.07, 6.45) is 0.844. The van der Waals surface area contributed by atoms with Crippen LogP contribution in [0.25, 0.3) is 0 Å². The Hall–Kier alpha value is -1.12. The molecule has 0 aliphatic heterocycles. The van der Waals surface area contributed by atoms with Crippen molar-refractivity contribution in [2.45, 2.75) is 43.7 Å². The van der Waals surface area contributed by atoms with E-state index in [1.165, 1.54) is 6.07 Å². The molecule has 6 nitrogen and oxygen atoms in total. The molecule has 1 amide bonds. The van der Waals surface area contributed by atoms with Gasteiger partial charge in [-0.1, -0.05) is 0 Å². The van der Waals surface area contributed by atoms with Gasteiger partial charge in [0, 0.05) is 16.2 Å². The first-order valence-electron chi connectivity index (χ1n) is 6.57. The van der Waals surface area contributed by atoms with E-state index in [1.54, 1.807) is 26.0 Å². The molecule has 0 saturated heterocycles. The van der Waals surface area contributed by atoms with Crippen LogP contribution in [0.1, 0.15) is 26.7 Å². The van der Waals surface area contributed by atoms with Crippen LogP contribution in [-0.4, -0.2) is 26.7 Å². The molecule has 1 aliphatic rings. The molecule has 1 aromatic carbocycles. The fraction of sp³-hybridized carbons (Fsp3) is 0.462. The van der Waals surface area contributed by atoms with Crippen molar-refractivity contribution in [2.75, 3.05) is 5.32 Å². The number of rotatable bonds is 5. The topological polar surface area (TPSA) is 84.5 Å². The van der Waals surface area contributed by atoms with Gasteiger partial charge in [0.1, 0.15) is 0 Å². The fourth-order valence-corrected chi connectivity index (χ4v) is 3.93. The predicted molar refractivity (Wildman–Crippen MR) is 82.7 cm³/mol. The number of hydrogen-bond acceptors (Lipinski definition) is 4. The summed E-state index contributed by atoms with van der Waals surface area (Å²) in [6.45, 7) is 3.47. The number of ether oxygens (including phenoxy) is 1. The van der Waals surface area contributed by atoms with Gasteiger partial charge in [0.25, 0.3) is 0 Å². The largest absolute Gasteiger partial charge is 0.447 e. The Labute approximate surface area is 132 Å². The Morgan fingerprint density at radius 3 is 2.62 bits per heavy atom. The molecule has 0 unspecified atom stereocenters. The molecule has 1 aromatic rings. The number of nitrogens with one attached hydrogen (secondary N) is 2. The minimum atomic E-state index is -3.60. The van der Waals surface area contributed by atoms with Crippen molar-refractivity contribution in [3.63, 3.8) is 0 Å². The van der Waals surface area contributed by atoms with E-state index in [1.807, 2.05) is 0 Å². The zero-order chi connectivity index (χ0) is 15.6. The molecule has 0 heterocycles. The number of benzene rings is 1. The molecule has 1 saturated carbocycles. The molecule has 8 heteroatoms. The molecule has 0 spiro atoms. The van der Waals surface area contributed by atoms with Crippen molar-refractivity contribution in [2.24, 2.45) is 0 Å². The van der Waals surface area contributed by atoms with Gasteiger partial charge in [0.05, 0.1) is 11.0 Å². The number of amides is 1. The van der Waals surface area contributed by atoms with Crippen LogP contribution in [0.15, 0.2) is 27.6 Å². The monoisotopic (exact) mass is 376 g/mol. The van der Waals surface area contributed by atoms with E-state index in [0.717, 1.165) is 12.8 Å². The summed E-state index contributed by atoms with van der Waals surface area (Å²) >= 11 is 3.22. The summed E-state index contributed by atoms with van der Waals surface area (Å²) in [4.78, 5) is 11.6. The van der Waals surface area contributed by atoms with Crippen LogP contribution in [0.5, 0.6) is 0 Å². The van der Waals surface area contributed by atoms with Gasteiger partial charge in [-0.3, -0.25) is 5.32 Å². The average molecular weight is 377 g/mol. The van der Waals surface area contributed by atoms with E-state index in [0.29, 0.717) is 10.2 Å². The highest BCUT2D eigenvalue weighted by molar-refractivity contribution is 9.10. The molecule has 1 fully saturated rings. The maximum atomic E-state index is 12.2. The van der Waals surface area contributed by atoms with Crippen LogP contribution in [0, 0.1) is 0 Å². The van der Waals surface area contributed by atoms with Crippen LogP contribution < -0.4 is 10.0 Å². The Kier molecular flexibility index (Phi) is 4.90. The number of sulfonamides is 1. The molecular formula is C13H17BrN2O4S. The van der Waals surface area contributed by atoms with E-state index >= 15 is 0 Å². The SMILES string of the molecule is CC(C)OC(=O)Nc1ccc(Br)c(S(=O)(=O)NC2CC2)c1. The first kappa shape index (κ1) is 16.3. The number of carbonyl (C=O) groups excluding carboxylic acids is 1. The Morgan fingerprint density at radius 1 is 1.38 bits per heavy atom. The molecule has 0 radical (unpaired) electrons. The third kappa shape index (κ3) is 4.69. The number of hydrogen-bond donors (Lipinski definition) is 2. The molecule has 0 bridgehead atoms. The second kappa shape index (κ2) is 6.33. The highest BCUT2D eigenvalue weighted by Crippen LogP contribution is 2.28. The molecule has 21 heavy (non-hydrogen) atoms. The Balaban J connectivity index is 2.18. The van der Waals surface area contributed by atoms with Crippen LogP contribution in [-0.2, 0) is 14.8 Å². The summed E-state index contributed by atoms with van der Waals surface area (Å²) in [5.41, 5.74) is 0.361. The lowest BCUT2D eigenvalue weighted by atomic mass is 10.3. The number of anilines is 1. The molecule has 0 aromatic heterocycles. The highest BCUT2D eigenvalue weighted by Gasteiger charge is 2.29. The smallest absolute Gasteiger partial charge is 0.411 e. The van der Waals surface area contributed by atoms with E-state index in [4.69, 9.17) is 4.74 Å². The zero-order valence-electron chi connectivity index (χ0n) is 11.7. The maximum Gasteiger partial charge on any atom is 0.411 e. The lowest BCUT2D eigenvalue weighted by Crippen LogP contribution is -2.26. The van der Waals surface area contributed by atoms with Gasteiger partial charge in [0.2, 0.25) is 10.0 Å². The van der Waals surface area contributed by atoms with E-state index in [9.17, 15) is 13.2 Å². The summed E-state index contributed by atoms with van der Waals surface area (Å²) in [5.74, 6) is 0. The zero-order valence-corrected chi connectivity index (χ0v) is 14.1. The van der Waals surface area contributed by atoms with Crippen LogP contribution >= 0.6 is 15.9 Å². The van der Waals surface area contributed by atoms with Gasteiger partial charge >= 0.3 is 6.09 Å². The van der Waals surface area contributed by atoms with Gasteiger partial charge in [-0.05, 0) is 60.8 Å². The van der Waals surface area contributed by atoms with Gasteiger partial charge in [0.15, 0.2) is 0 Å². The minimum absolute atomic E-state index is 0.0180. The molecule has 2 rings (SSSR count). The molecule has 116 valence electrons. The number of halogens is 1. The van der Waals surface area contributed by atoms with Crippen LogP contribution in [0.3, 0.4) is 0 Å². The van der Waals surface area contributed by atoms with E-state index in [-0.39, 0.29) is 17.0 Å². The van der Waals surface area contributed by atoms with Crippen molar-refractivity contribution in [3.8, 4) is 0 Å². The van der Waals surface area contributed by atoms with Crippen molar-refractivity contribution >= 4 is 37.7 Å². The summed E-state index contributed by atoms with van der Waals surface area (Å²) in [5, 5.41) is 2.51. The van der Waals surface area contributed by atoms with Crippen molar-refractivity contribution in [1.29, 1.82) is 0 Å². The molecule has 2 N–H and O–H groups in total. The normalized spacial score (nSPS) is 15.0. The minimum Gasteiger partial charge on any atom is -0.447 e. The summed E-state index contributed by atoms with van der Waals surface area (Å²) in [7, 11) is -3.60. The van der Waals surface area contributed by atoms with Gasteiger partial charge < -0.3 is 4.74 Å². The van der Waals surface area contributed by atoms with Crippen LogP contribution in [0.4, 0.5) is 10.5 Å². The third-order valence-electron chi connectivity index (χ3n) is 2.71. The van der Waals surface area contributed by atoms with E-state index in [2.05, 4.69) is 26.0 Å². The van der Waals surface area contributed by atoms with E-state index < -0.39 is 16.1 Å². The first-order valence-corrected chi connectivity index (χ1v) is 8.85. The molecular weight excluding hydrogens is 360 g/mol. The third-order valence-corrected chi connectivity index (χ3v) is 5.22. The van der Waals surface area contributed by atoms with Crippen molar-refractivity contribution in [3.05, 3.63) is 22.7 Å². The van der Waals surface area contributed by atoms with Crippen LogP contribution in [0.2, 0.25) is 0 Å². The fourth-order valence-electron chi connectivity index (χ4n) is 1.63. The number of carbonyl (C=O) groups is 1. The van der Waals surface area contributed by atoms with Crippen molar-refractivity contribution in [1.82, 2.24) is 4.72 Å². The molecule has 0 atom stereocenters. The standard InChI is InChI=1S/C13H17BrN2O4S/c1-8(2)20-13(17)15-10-5-6-11(14)12(7-10)21(18,19)16-9-3-4-9/h5-9,16H,3-4H2,1-2H3,(H,15,17).